The summed E-state index contributed by atoms with van der Waals surface area (Å²) in [5.74, 6) is -1.01. The zero-order valence-corrected chi connectivity index (χ0v) is 18.2. The second-order valence-electron chi connectivity index (χ2n) is 8.07. The second-order valence-corrected chi connectivity index (χ2v) is 8.07. The Kier molecular flexibility index (Phi) is 7.55. The molecule has 0 bridgehead atoms. The minimum Gasteiger partial charge on any atom is -0.341 e. The van der Waals surface area contributed by atoms with E-state index in [4.69, 9.17) is 0 Å². The molecule has 1 aromatic carbocycles. The number of hydrogen-bond donors (Lipinski definition) is 0. The first-order chi connectivity index (χ1) is 15.3. The Morgan fingerprint density at radius 2 is 1.53 bits per heavy atom. The summed E-state index contributed by atoms with van der Waals surface area (Å²) in [7, 11) is 0. The Bertz CT molecular complexity index is 931. The maximum absolute atomic E-state index is 12.6. The van der Waals surface area contributed by atoms with Crippen molar-refractivity contribution in [2.24, 2.45) is 0 Å². The third kappa shape index (κ3) is 5.12. The van der Waals surface area contributed by atoms with Crippen molar-refractivity contribution >= 4 is 29.3 Å². The Hall–Kier alpha value is -3.30. The fraction of sp³-hybridized carbons (Fsp3) is 0.545. The molecule has 2 aliphatic rings. The number of nitrogens with zero attached hydrogens (tertiary/aromatic N) is 4. The number of nitro benzene ring substituents is 1. The molecule has 0 aliphatic carbocycles. The predicted molar refractivity (Wildman–Crippen MR) is 115 cm³/mol. The van der Waals surface area contributed by atoms with Gasteiger partial charge in [0.2, 0.25) is 11.8 Å². The van der Waals surface area contributed by atoms with Gasteiger partial charge in [0.05, 0.1) is 16.1 Å². The average molecular weight is 444 g/mol. The van der Waals surface area contributed by atoms with Crippen LogP contribution >= 0.6 is 0 Å². The smallest absolute Gasteiger partial charge is 0.270 e. The van der Waals surface area contributed by atoms with E-state index in [0.29, 0.717) is 39.0 Å². The standard InChI is InChI=1S/C22H28N4O6/c1-2-3-6-19(27)23-10-5-11-24(14-13-23)20(28)7-4-12-25-21(29)17-9-8-16(26(31)32)15-18(17)22(25)30/h8-9,15H,2-7,10-14H2,1H3. The number of imide groups is 1. The van der Waals surface area contributed by atoms with Crippen LogP contribution in [0.2, 0.25) is 0 Å². The van der Waals surface area contributed by atoms with Gasteiger partial charge in [0, 0.05) is 57.7 Å². The first-order valence-corrected chi connectivity index (χ1v) is 11.0. The lowest BCUT2D eigenvalue weighted by Crippen LogP contribution is -2.37. The predicted octanol–water partition coefficient (Wildman–Crippen LogP) is 2.22. The van der Waals surface area contributed by atoms with Crippen LogP contribution in [0.5, 0.6) is 0 Å². The molecule has 10 heteroatoms. The highest BCUT2D eigenvalue weighted by atomic mass is 16.6. The quantitative estimate of drug-likeness (QED) is 0.344. The normalized spacial score (nSPS) is 16.2. The number of non-ortho nitro benzene ring substituents is 1. The van der Waals surface area contributed by atoms with Gasteiger partial charge in [-0.1, -0.05) is 13.3 Å². The van der Waals surface area contributed by atoms with Crippen molar-refractivity contribution in [1.29, 1.82) is 0 Å². The molecule has 0 N–H and O–H groups in total. The van der Waals surface area contributed by atoms with Crippen LogP contribution in [-0.2, 0) is 9.59 Å². The molecule has 1 aromatic rings. The van der Waals surface area contributed by atoms with E-state index in [2.05, 4.69) is 0 Å². The van der Waals surface area contributed by atoms with E-state index in [-0.39, 0.29) is 41.6 Å². The molecular formula is C22H28N4O6. The zero-order valence-electron chi connectivity index (χ0n) is 18.2. The van der Waals surface area contributed by atoms with Crippen molar-refractivity contribution in [3.05, 3.63) is 39.4 Å². The Morgan fingerprint density at radius 1 is 0.938 bits per heavy atom. The molecule has 0 atom stereocenters. The lowest BCUT2D eigenvalue weighted by Gasteiger charge is -2.22. The molecule has 0 radical (unpaired) electrons. The van der Waals surface area contributed by atoms with Crippen LogP contribution in [0.3, 0.4) is 0 Å². The van der Waals surface area contributed by atoms with Gasteiger partial charge in [-0.05, 0) is 25.3 Å². The summed E-state index contributed by atoms with van der Waals surface area (Å²) in [6.07, 6.45) is 3.57. The van der Waals surface area contributed by atoms with E-state index in [1.807, 2.05) is 11.8 Å². The van der Waals surface area contributed by atoms with E-state index >= 15 is 0 Å². The highest BCUT2D eigenvalue weighted by Gasteiger charge is 2.36. The van der Waals surface area contributed by atoms with Crippen molar-refractivity contribution in [3.8, 4) is 0 Å². The maximum Gasteiger partial charge on any atom is 0.270 e. The molecule has 10 nitrogen and oxygen atoms in total. The maximum atomic E-state index is 12.6. The van der Waals surface area contributed by atoms with Crippen molar-refractivity contribution < 1.29 is 24.1 Å². The average Bonchev–Trinajstić information content (AvgIpc) is 2.95. The van der Waals surface area contributed by atoms with Crippen LogP contribution in [0.1, 0.15) is 66.2 Å². The first kappa shape index (κ1) is 23.4. The number of carbonyl (C=O) groups is 4. The van der Waals surface area contributed by atoms with Gasteiger partial charge in [-0.15, -0.1) is 0 Å². The Labute approximate surface area is 186 Å². The van der Waals surface area contributed by atoms with Crippen LogP contribution in [0, 0.1) is 10.1 Å². The summed E-state index contributed by atoms with van der Waals surface area (Å²) in [5, 5.41) is 10.9. The van der Waals surface area contributed by atoms with Crippen molar-refractivity contribution in [3.63, 3.8) is 0 Å². The molecule has 0 unspecified atom stereocenters. The minimum absolute atomic E-state index is 0.0240. The number of rotatable bonds is 8. The molecule has 0 saturated carbocycles. The number of carbonyl (C=O) groups excluding carboxylic acids is 4. The van der Waals surface area contributed by atoms with Crippen molar-refractivity contribution in [2.45, 2.75) is 45.4 Å². The number of hydrogen-bond acceptors (Lipinski definition) is 6. The summed E-state index contributed by atoms with van der Waals surface area (Å²) in [6, 6.07) is 3.61. The molecule has 0 aromatic heterocycles. The van der Waals surface area contributed by atoms with E-state index in [1.165, 1.54) is 12.1 Å². The van der Waals surface area contributed by atoms with Crippen LogP contribution in [0.15, 0.2) is 18.2 Å². The van der Waals surface area contributed by atoms with Gasteiger partial charge >= 0.3 is 0 Å². The van der Waals surface area contributed by atoms with Crippen LogP contribution in [0.4, 0.5) is 5.69 Å². The number of fused-ring (bicyclic) bond motifs is 1. The van der Waals surface area contributed by atoms with Crippen LogP contribution in [-0.4, -0.2) is 76.0 Å². The highest BCUT2D eigenvalue weighted by Crippen LogP contribution is 2.27. The number of nitro groups is 1. The van der Waals surface area contributed by atoms with Crippen LogP contribution in [0.25, 0.3) is 0 Å². The SMILES string of the molecule is CCCCC(=O)N1CCCN(C(=O)CCCN2C(=O)c3ccc([N+](=O)[O-])cc3C2=O)CC1. The lowest BCUT2D eigenvalue weighted by molar-refractivity contribution is -0.384. The summed E-state index contributed by atoms with van der Waals surface area (Å²) in [6.45, 7) is 4.34. The van der Waals surface area contributed by atoms with E-state index < -0.39 is 16.7 Å². The third-order valence-electron chi connectivity index (χ3n) is 5.88. The minimum atomic E-state index is -0.612. The zero-order chi connectivity index (χ0) is 23.3. The Morgan fingerprint density at radius 3 is 2.12 bits per heavy atom. The molecule has 32 heavy (non-hydrogen) atoms. The number of amides is 4. The van der Waals surface area contributed by atoms with Gasteiger partial charge in [-0.25, -0.2) is 0 Å². The van der Waals surface area contributed by atoms with Gasteiger partial charge in [-0.3, -0.25) is 34.2 Å². The van der Waals surface area contributed by atoms with Gasteiger partial charge < -0.3 is 9.80 Å². The lowest BCUT2D eigenvalue weighted by atomic mass is 10.1. The van der Waals surface area contributed by atoms with Crippen molar-refractivity contribution in [1.82, 2.24) is 14.7 Å². The van der Waals surface area contributed by atoms with Gasteiger partial charge in [0.1, 0.15) is 0 Å². The largest absolute Gasteiger partial charge is 0.341 e. The highest BCUT2D eigenvalue weighted by molar-refractivity contribution is 6.21. The second kappa shape index (κ2) is 10.3. The molecule has 172 valence electrons. The van der Waals surface area contributed by atoms with E-state index in [0.717, 1.165) is 30.2 Å². The molecule has 3 rings (SSSR count). The monoisotopic (exact) mass is 444 g/mol. The first-order valence-electron chi connectivity index (χ1n) is 11.0. The topological polar surface area (TPSA) is 121 Å². The third-order valence-corrected chi connectivity index (χ3v) is 5.88. The summed E-state index contributed by atoms with van der Waals surface area (Å²) >= 11 is 0. The fourth-order valence-electron chi connectivity index (χ4n) is 4.04. The molecule has 2 heterocycles. The number of benzene rings is 1. The summed E-state index contributed by atoms with van der Waals surface area (Å²) in [4.78, 5) is 64.8. The molecule has 1 saturated heterocycles. The number of unbranched alkanes of at least 4 members (excludes halogenated alkanes) is 1. The summed E-state index contributed by atoms with van der Waals surface area (Å²) in [5.41, 5.74) is -0.0755. The molecule has 2 aliphatic heterocycles. The van der Waals surface area contributed by atoms with Gasteiger partial charge in [-0.2, -0.15) is 0 Å². The van der Waals surface area contributed by atoms with Gasteiger partial charge in [0.25, 0.3) is 17.5 Å². The van der Waals surface area contributed by atoms with E-state index in [9.17, 15) is 29.3 Å². The Balaban J connectivity index is 1.49. The van der Waals surface area contributed by atoms with Crippen LogP contribution < -0.4 is 0 Å². The molecular weight excluding hydrogens is 416 g/mol. The van der Waals surface area contributed by atoms with Gasteiger partial charge in [0.15, 0.2) is 0 Å². The molecule has 1 fully saturated rings. The molecule has 4 amide bonds. The van der Waals surface area contributed by atoms with E-state index in [1.54, 1.807) is 4.90 Å². The fourth-order valence-corrected chi connectivity index (χ4v) is 4.04. The molecule has 0 spiro atoms. The van der Waals surface area contributed by atoms with Crippen molar-refractivity contribution in [2.75, 3.05) is 32.7 Å². The summed E-state index contributed by atoms with van der Waals surface area (Å²) < 4.78 is 0.